The average molecular weight is 254 g/mol. The van der Waals surface area contributed by atoms with E-state index in [1.165, 1.54) is 0 Å². The van der Waals surface area contributed by atoms with Gasteiger partial charge in [0.1, 0.15) is 6.10 Å². The monoisotopic (exact) mass is 253 g/mol. The third-order valence-electron chi connectivity index (χ3n) is 0.421. The molecule has 0 saturated carbocycles. The van der Waals surface area contributed by atoms with Crippen LogP contribution in [0.4, 0.5) is 0 Å². The molecule has 0 heterocycles. The number of halogens is 3. The van der Waals surface area contributed by atoms with Crippen LogP contribution in [0.2, 0.25) is 0 Å². The Balaban J connectivity index is 0. The van der Waals surface area contributed by atoms with E-state index < -0.39 is 17.3 Å². The van der Waals surface area contributed by atoms with Gasteiger partial charge in [-0.1, -0.05) is 0 Å². The van der Waals surface area contributed by atoms with Gasteiger partial charge in [0.05, 0.1) is 13.2 Å². The van der Waals surface area contributed by atoms with Crippen LogP contribution in [-0.2, 0) is 11.2 Å². The predicted octanol–water partition coefficient (Wildman–Crippen LogP) is 0.398. The Morgan fingerprint density at radius 3 is 1.30 bits per heavy atom. The van der Waals surface area contributed by atoms with Crippen LogP contribution in [0.25, 0.3) is 0 Å². The van der Waals surface area contributed by atoms with Crippen molar-refractivity contribution in [1.29, 1.82) is 0 Å². The second-order valence-electron chi connectivity index (χ2n) is 1.17. The van der Waals surface area contributed by atoms with Crippen molar-refractivity contribution in [2.24, 2.45) is 0 Å². The van der Waals surface area contributed by atoms with Gasteiger partial charge in [-0.3, -0.25) is 0 Å². The first-order chi connectivity index (χ1) is 4.54. The van der Waals surface area contributed by atoms with Gasteiger partial charge in [-0.15, -0.1) is 0 Å². The Hall–Kier alpha value is 1.27. The van der Waals surface area contributed by atoms with E-state index in [1.54, 1.807) is 0 Å². The number of aliphatic hydroxyl groups excluding tert-OH is 3. The molecule has 0 saturated heterocycles. The van der Waals surface area contributed by atoms with Gasteiger partial charge in [0, 0.05) is 0 Å². The predicted molar refractivity (Wildman–Crippen MR) is 37.7 cm³/mol. The summed E-state index contributed by atoms with van der Waals surface area (Å²) in [5, 5.41) is 24.0. The third-order valence-corrected chi connectivity index (χ3v) is 0.421. The minimum absolute atomic E-state index is 0.365. The molecule has 0 atom stereocenters. The second-order valence-corrected chi connectivity index (χ2v) is 6.64. The van der Waals surface area contributed by atoms with Crippen molar-refractivity contribution in [1.82, 2.24) is 0 Å². The molecular weight excluding hydrogens is 246 g/mol. The number of rotatable bonds is 2. The van der Waals surface area contributed by atoms with Crippen LogP contribution in [0.1, 0.15) is 0 Å². The molecule has 0 spiro atoms. The minimum atomic E-state index is -1.33. The molecule has 3 N–H and O–H groups in total. The first-order valence-electron chi connectivity index (χ1n) is 2.11. The zero-order valence-corrected chi connectivity index (χ0v) is 8.19. The van der Waals surface area contributed by atoms with Gasteiger partial charge < -0.3 is 15.3 Å². The van der Waals surface area contributed by atoms with Crippen molar-refractivity contribution >= 4 is 30.3 Å². The van der Waals surface area contributed by atoms with Crippen molar-refractivity contribution in [3.63, 3.8) is 0 Å². The van der Waals surface area contributed by atoms with Crippen molar-refractivity contribution < 1.29 is 26.5 Å². The van der Waals surface area contributed by atoms with Gasteiger partial charge in [-0.25, -0.2) is 0 Å². The maximum absolute atomic E-state index is 8.17. The molecule has 0 amide bonds. The van der Waals surface area contributed by atoms with Crippen molar-refractivity contribution in [2.45, 2.75) is 6.10 Å². The molecule has 0 aliphatic heterocycles. The standard InChI is InChI=1S/C3H8O3.3ClH.Fe/c4-1-3(6)2-5;;;;/h3-6H,1-2H2;3*1H;/q;;;;+3/p-3. The molecule has 0 bridgehead atoms. The average Bonchev–Trinajstić information content (AvgIpc) is 1.85. The number of hydrogen-bond donors (Lipinski definition) is 3. The molecule has 0 aromatic rings. The summed E-state index contributed by atoms with van der Waals surface area (Å²) < 4.78 is 0. The molecule has 7 heteroatoms. The first-order valence-corrected chi connectivity index (χ1v) is 6.67. The molecule has 10 heavy (non-hydrogen) atoms. The molecule has 0 aromatic carbocycles. The fraction of sp³-hybridized carbons (Fsp3) is 1.00. The van der Waals surface area contributed by atoms with Gasteiger partial charge in [-0.05, 0) is 0 Å². The molecule has 0 rings (SSSR count). The Morgan fingerprint density at radius 1 is 1.10 bits per heavy atom. The second kappa shape index (κ2) is 10.3. The van der Waals surface area contributed by atoms with Crippen molar-refractivity contribution in [3.05, 3.63) is 0 Å². The van der Waals surface area contributed by atoms with Gasteiger partial charge in [-0.2, -0.15) is 0 Å². The van der Waals surface area contributed by atoms with E-state index in [2.05, 4.69) is 0 Å². The normalized spacial score (nSPS) is 10.5. The molecule has 0 aliphatic carbocycles. The van der Waals surface area contributed by atoms with Gasteiger partial charge in [0.25, 0.3) is 0 Å². The number of aliphatic hydroxyl groups is 3. The molecule has 3 nitrogen and oxygen atoms in total. The van der Waals surface area contributed by atoms with Crippen LogP contribution in [0.15, 0.2) is 0 Å². The molecule has 0 radical (unpaired) electrons. The van der Waals surface area contributed by atoms with Crippen LogP contribution in [0.3, 0.4) is 0 Å². The zero-order chi connectivity index (χ0) is 8.57. The van der Waals surface area contributed by atoms with Crippen LogP contribution in [0.5, 0.6) is 0 Å². The fourth-order valence-electron chi connectivity index (χ4n) is 0.0577. The van der Waals surface area contributed by atoms with E-state index in [4.69, 9.17) is 45.6 Å². The summed E-state index contributed by atoms with van der Waals surface area (Å²) in [7, 11) is 14.7. The van der Waals surface area contributed by atoms with E-state index in [9.17, 15) is 0 Å². The molecular formula is C3H8Cl3FeO3. The Kier molecular flexibility index (Phi) is 14.2. The molecule has 0 aromatic heterocycles. The summed E-state index contributed by atoms with van der Waals surface area (Å²) in [4.78, 5) is 0. The van der Waals surface area contributed by atoms with Crippen molar-refractivity contribution in [3.8, 4) is 0 Å². The summed E-state index contributed by atoms with van der Waals surface area (Å²) in [5.74, 6) is 0. The van der Waals surface area contributed by atoms with Gasteiger partial charge in [0.2, 0.25) is 0 Å². The topological polar surface area (TPSA) is 60.7 Å². The summed E-state index contributed by atoms with van der Waals surface area (Å²) in [5.41, 5.74) is 0. The zero-order valence-electron chi connectivity index (χ0n) is 4.82. The van der Waals surface area contributed by atoms with Crippen LogP contribution in [0, 0.1) is 0 Å². The van der Waals surface area contributed by atoms with Crippen LogP contribution in [-0.4, -0.2) is 34.6 Å². The van der Waals surface area contributed by atoms with Crippen molar-refractivity contribution in [2.75, 3.05) is 13.2 Å². The van der Waals surface area contributed by atoms with Gasteiger partial charge in [0.15, 0.2) is 0 Å². The fourth-order valence-corrected chi connectivity index (χ4v) is 0.0577. The van der Waals surface area contributed by atoms with E-state index in [-0.39, 0.29) is 13.2 Å². The third kappa shape index (κ3) is 22.8. The van der Waals surface area contributed by atoms with Crippen LogP contribution >= 0.6 is 30.3 Å². The number of hydrogen-bond acceptors (Lipinski definition) is 3. The SMILES string of the molecule is OCC(O)CO.[Cl][Fe]([Cl])[Cl]. The molecule has 0 aliphatic rings. The first kappa shape index (κ1) is 13.8. The summed E-state index contributed by atoms with van der Waals surface area (Å²) in [6, 6.07) is 0. The Labute approximate surface area is 76.1 Å². The molecule has 0 unspecified atom stereocenters. The Morgan fingerprint density at radius 2 is 1.30 bits per heavy atom. The summed E-state index contributed by atoms with van der Waals surface area (Å²) in [6.45, 7) is -0.729. The van der Waals surface area contributed by atoms with E-state index in [0.717, 1.165) is 0 Å². The van der Waals surface area contributed by atoms with Crippen LogP contribution < -0.4 is 0 Å². The van der Waals surface area contributed by atoms with E-state index >= 15 is 0 Å². The van der Waals surface area contributed by atoms with Gasteiger partial charge >= 0.3 is 41.5 Å². The molecule has 0 fully saturated rings. The van der Waals surface area contributed by atoms with E-state index in [0.29, 0.717) is 0 Å². The maximum atomic E-state index is 8.17. The quantitative estimate of drug-likeness (QED) is 0.625. The van der Waals surface area contributed by atoms with E-state index in [1.807, 2.05) is 0 Å². The molecule has 67 valence electrons. The summed E-state index contributed by atoms with van der Waals surface area (Å²) >= 11 is -1.33. The summed E-state index contributed by atoms with van der Waals surface area (Å²) in [6.07, 6.45) is -0.954. The Bertz CT molecular complexity index is 58.2.